The van der Waals surface area contributed by atoms with E-state index in [1.54, 1.807) is 12.4 Å². The van der Waals surface area contributed by atoms with Gasteiger partial charge in [0.25, 0.3) is 0 Å². The predicted molar refractivity (Wildman–Crippen MR) is 62.1 cm³/mol. The number of anilines is 1. The Balaban J connectivity index is 1.72. The zero-order valence-corrected chi connectivity index (χ0v) is 9.30. The van der Waals surface area contributed by atoms with E-state index in [9.17, 15) is 0 Å². The summed E-state index contributed by atoms with van der Waals surface area (Å²) >= 11 is 0. The van der Waals surface area contributed by atoms with Crippen molar-refractivity contribution in [1.82, 2.24) is 20.0 Å². The van der Waals surface area contributed by atoms with E-state index in [2.05, 4.69) is 20.6 Å². The third kappa shape index (κ3) is 3.05. The highest BCUT2D eigenvalue weighted by Crippen LogP contribution is 2.03. The van der Waals surface area contributed by atoms with E-state index in [-0.39, 0.29) is 0 Å². The molecular weight excluding hydrogens is 202 g/mol. The summed E-state index contributed by atoms with van der Waals surface area (Å²) in [4.78, 5) is 0. The first-order valence-electron chi connectivity index (χ1n) is 5.35. The van der Waals surface area contributed by atoms with Crippen molar-refractivity contribution in [3.05, 3.63) is 36.3 Å². The molecule has 5 nitrogen and oxygen atoms in total. The second kappa shape index (κ2) is 5.25. The molecule has 0 saturated carbocycles. The molecule has 2 rings (SSSR count). The Bertz CT molecular complexity index is 424. The summed E-state index contributed by atoms with van der Waals surface area (Å²) in [6.07, 6.45) is 6.51. The molecule has 0 aliphatic rings. The number of aromatic nitrogens is 4. The normalized spacial score (nSPS) is 10.3. The Morgan fingerprint density at radius 1 is 1.44 bits per heavy atom. The maximum Gasteiger partial charge on any atom is 0.148 e. The van der Waals surface area contributed by atoms with Crippen LogP contribution in [-0.2, 0) is 6.54 Å². The molecule has 2 heterocycles. The molecule has 0 atom stereocenters. The van der Waals surface area contributed by atoms with Gasteiger partial charge in [0.1, 0.15) is 5.82 Å². The van der Waals surface area contributed by atoms with E-state index in [1.807, 2.05) is 29.9 Å². The summed E-state index contributed by atoms with van der Waals surface area (Å²) in [6, 6.07) is 3.92. The molecule has 0 spiro atoms. The lowest BCUT2D eigenvalue weighted by molar-refractivity contribution is 0.591. The lowest BCUT2D eigenvalue weighted by Crippen LogP contribution is -2.08. The Kier molecular flexibility index (Phi) is 3.48. The highest BCUT2D eigenvalue weighted by atomic mass is 15.3. The zero-order valence-electron chi connectivity index (χ0n) is 9.30. The minimum atomic E-state index is 0.834. The lowest BCUT2D eigenvalue weighted by Gasteiger charge is -2.05. The van der Waals surface area contributed by atoms with Crippen LogP contribution in [-0.4, -0.2) is 26.5 Å². The number of nitrogens with one attached hydrogen (secondary N) is 1. The van der Waals surface area contributed by atoms with Crippen LogP contribution in [0, 0.1) is 6.92 Å². The first kappa shape index (κ1) is 10.6. The van der Waals surface area contributed by atoms with Crippen molar-refractivity contribution in [3.8, 4) is 0 Å². The van der Waals surface area contributed by atoms with Gasteiger partial charge in [-0.1, -0.05) is 0 Å². The van der Waals surface area contributed by atoms with Gasteiger partial charge in [0, 0.05) is 25.5 Å². The van der Waals surface area contributed by atoms with Crippen molar-refractivity contribution < 1.29 is 0 Å². The maximum absolute atomic E-state index is 4.14. The van der Waals surface area contributed by atoms with Crippen LogP contribution in [0.1, 0.15) is 12.0 Å². The number of aryl methyl sites for hydroxylation is 2. The van der Waals surface area contributed by atoms with Gasteiger partial charge in [0.15, 0.2) is 0 Å². The van der Waals surface area contributed by atoms with Crippen LogP contribution < -0.4 is 5.32 Å². The van der Waals surface area contributed by atoms with Crippen LogP contribution in [0.3, 0.4) is 0 Å². The molecule has 16 heavy (non-hydrogen) atoms. The fourth-order valence-electron chi connectivity index (χ4n) is 1.44. The van der Waals surface area contributed by atoms with Crippen LogP contribution in [0.2, 0.25) is 0 Å². The smallest absolute Gasteiger partial charge is 0.148 e. The number of rotatable bonds is 5. The van der Waals surface area contributed by atoms with Gasteiger partial charge in [-0.3, -0.25) is 4.68 Å². The second-order valence-electron chi connectivity index (χ2n) is 3.67. The minimum Gasteiger partial charge on any atom is -0.369 e. The van der Waals surface area contributed by atoms with E-state index in [4.69, 9.17) is 0 Å². The quantitative estimate of drug-likeness (QED) is 0.771. The van der Waals surface area contributed by atoms with Crippen molar-refractivity contribution in [1.29, 1.82) is 0 Å². The molecule has 0 amide bonds. The Hall–Kier alpha value is -1.91. The topological polar surface area (TPSA) is 55.6 Å². The summed E-state index contributed by atoms with van der Waals surface area (Å²) in [5.74, 6) is 0.834. The van der Waals surface area contributed by atoms with E-state index in [0.717, 1.165) is 30.9 Å². The van der Waals surface area contributed by atoms with E-state index in [0.29, 0.717) is 0 Å². The lowest BCUT2D eigenvalue weighted by atomic mass is 10.3. The zero-order chi connectivity index (χ0) is 11.2. The van der Waals surface area contributed by atoms with Gasteiger partial charge >= 0.3 is 0 Å². The van der Waals surface area contributed by atoms with Crippen molar-refractivity contribution in [2.24, 2.45) is 0 Å². The largest absolute Gasteiger partial charge is 0.369 e. The molecule has 0 saturated heterocycles. The minimum absolute atomic E-state index is 0.834. The van der Waals surface area contributed by atoms with Crippen molar-refractivity contribution in [2.75, 3.05) is 11.9 Å². The predicted octanol–water partition coefficient (Wildman–Crippen LogP) is 1.48. The van der Waals surface area contributed by atoms with Crippen LogP contribution in [0.25, 0.3) is 0 Å². The van der Waals surface area contributed by atoms with E-state index < -0.39 is 0 Å². The van der Waals surface area contributed by atoms with Gasteiger partial charge in [-0.25, -0.2) is 0 Å². The molecule has 0 bridgehead atoms. The highest BCUT2D eigenvalue weighted by molar-refractivity contribution is 5.34. The molecule has 0 aliphatic carbocycles. The van der Waals surface area contributed by atoms with Gasteiger partial charge in [-0.2, -0.15) is 10.2 Å². The summed E-state index contributed by atoms with van der Waals surface area (Å²) in [6.45, 7) is 3.79. The third-order valence-corrected chi connectivity index (χ3v) is 2.22. The van der Waals surface area contributed by atoms with Gasteiger partial charge in [0.2, 0.25) is 0 Å². The number of hydrogen-bond donors (Lipinski definition) is 1. The summed E-state index contributed by atoms with van der Waals surface area (Å²) in [7, 11) is 0. The molecule has 84 valence electrons. The summed E-state index contributed by atoms with van der Waals surface area (Å²) in [5, 5.41) is 15.2. The second-order valence-corrected chi connectivity index (χ2v) is 3.67. The molecule has 5 heteroatoms. The summed E-state index contributed by atoms with van der Waals surface area (Å²) < 4.78 is 1.92. The highest BCUT2D eigenvalue weighted by Gasteiger charge is 1.95. The first-order chi connectivity index (χ1) is 7.84. The van der Waals surface area contributed by atoms with Crippen LogP contribution in [0.4, 0.5) is 5.82 Å². The molecule has 0 radical (unpaired) electrons. The molecule has 2 aromatic heterocycles. The van der Waals surface area contributed by atoms with E-state index >= 15 is 0 Å². The average Bonchev–Trinajstić information content (AvgIpc) is 2.77. The standard InChI is InChI=1S/C11H15N5/c1-10-8-11(15-13-9-10)12-4-2-6-16-7-3-5-14-16/h3,5,7-9H,2,4,6H2,1H3,(H,12,15). The third-order valence-electron chi connectivity index (χ3n) is 2.22. The van der Waals surface area contributed by atoms with Gasteiger partial charge in [-0.15, -0.1) is 5.10 Å². The Labute approximate surface area is 94.5 Å². The molecule has 2 aromatic rings. The van der Waals surface area contributed by atoms with Gasteiger partial charge < -0.3 is 5.32 Å². The maximum atomic E-state index is 4.14. The van der Waals surface area contributed by atoms with Gasteiger partial charge in [0.05, 0.1) is 6.20 Å². The van der Waals surface area contributed by atoms with Gasteiger partial charge in [-0.05, 0) is 31.0 Å². The summed E-state index contributed by atoms with van der Waals surface area (Å²) in [5.41, 5.74) is 1.12. The fourth-order valence-corrected chi connectivity index (χ4v) is 1.44. The van der Waals surface area contributed by atoms with E-state index in [1.165, 1.54) is 0 Å². The van der Waals surface area contributed by atoms with Crippen LogP contribution in [0.15, 0.2) is 30.7 Å². The SMILES string of the molecule is Cc1cnnc(NCCCn2cccn2)c1. The van der Waals surface area contributed by atoms with Crippen molar-refractivity contribution in [2.45, 2.75) is 19.9 Å². The molecule has 1 N–H and O–H groups in total. The van der Waals surface area contributed by atoms with Crippen molar-refractivity contribution >= 4 is 5.82 Å². The van der Waals surface area contributed by atoms with Crippen LogP contribution in [0.5, 0.6) is 0 Å². The monoisotopic (exact) mass is 217 g/mol. The Morgan fingerprint density at radius 2 is 2.38 bits per heavy atom. The first-order valence-corrected chi connectivity index (χ1v) is 5.35. The molecule has 0 unspecified atom stereocenters. The van der Waals surface area contributed by atoms with Crippen LogP contribution >= 0.6 is 0 Å². The van der Waals surface area contributed by atoms with Crippen molar-refractivity contribution in [3.63, 3.8) is 0 Å². The fraction of sp³-hybridized carbons (Fsp3) is 0.364. The molecular formula is C11H15N5. The number of nitrogens with zero attached hydrogens (tertiary/aromatic N) is 4. The molecule has 0 fully saturated rings. The molecule has 0 aromatic carbocycles. The average molecular weight is 217 g/mol. The number of hydrogen-bond acceptors (Lipinski definition) is 4. The molecule has 0 aliphatic heterocycles. The Morgan fingerprint density at radius 3 is 3.12 bits per heavy atom.